The van der Waals surface area contributed by atoms with Gasteiger partial charge < -0.3 is 10.1 Å². The number of hydrogen-bond acceptors (Lipinski definition) is 4. The summed E-state index contributed by atoms with van der Waals surface area (Å²) in [5.74, 6) is -1.73. The molecule has 0 unspecified atom stereocenters. The molecule has 2 N–H and O–H groups in total. The molecule has 7 nitrogen and oxygen atoms in total. The molecule has 0 spiro atoms. The van der Waals surface area contributed by atoms with E-state index >= 15 is 0 Å². The van der Waals surface area contributed by atoms with Gasteiger partial charge >= 0.3 is 5.97 Å². The van der Waals surface area contributed by atoms with E-state index in [0.717, 1.165) is 4.31 Å². The van der Waals surface area contributed by atoms with Gasteiger partial charge in [-0.05, 0) is 25.0 Å². The van der Waals surface area contributed by atoms with Crippen molar-refractivity contribution < 1.29 is 18.3 Å². The normalized spacial score (nSPS) is 21.2. The largest absolute Gasteiger partial charge is 0.481 e. The molecule has 1 aliphatic rings. The molecule has 19 heavy (non-hydrogen) atoms. The molecule has 0 bridgehead atoms. The van der Waals surface area contributed by atoms with Crippen LogP contribution in [0.25, 0.3) is 0 Å². The molecule has 0 saturated carbocycles. The Morgan fingerprint density at radius 3 is 2.84 bits per heavy atom. The Labute approximate surface area is 109 Å². The summed E-state index contributed by atoms with van der Waals surface area (Å²) >= 11 is 0. The first-order valence-corrected chi connectivity index (χ1v) is 7.27. The van der Waals surface area contributed by atoms with E-state index in [1.165, 1.54) is 18.3 Å². The van der Waals surface area contributed by atoms with E-state index in [9.17, 15) is 18.0 Å². The fourth-order valence-corrected chi connectivity index (χ4v) is 3.68. The number of hydrogen-bond donors (Lipinski definition) is 2. The summed E-state index contributed by atoms with van der Waals surface area (Å²) in [4.78, 5) is 24.4. The number of carbonyl (C=O) groups is 1. The molecule has 0 radical (unpaired) electrons. The van der Waals surface area contributed by atoms with Gasteiger partial charge in [-0.15, -0.1) is 0 Å². The van der Waals surface area contributed by atoms with Gasteiger partial charge in [0.1, 0.15) is 4.90 Å². The molecule has 1 atom stereocenters. The van der Waals surface area contributed by atoms with E-state index in [2.05, 4.69) is 4.98 Å². The zero-order chi connectivity index (χ0) is 14.0. The number of H-pyrrole nitrogens is 1. The number of nitrogens with zero attached hydrogens (tertiary/aromatic N) is 1. The van der Waals surface area contributed by atoms with Crippen molar-refractivity contribution in [2.75, 3.05) is 13.1 Å². The van der Waals surface area contributed by atoms with Crippen LogP contribution in [0.1, 0.15) is 12.8 Å². The van der Waals surface area contributed by atoms with E-state index in [-0.39, 0.29) is 18.0 Å². The van der Waals surface area contributed by atoms with Gasteiger partial charge in [-0.1, -0.05) is 0 Å². The topological polar surface area (TPSA) is 108 Å². The number of carboxylic acids is 1. The van der Waals surface area contributed by atoms with Crippen LogP contribution in [0.2, 0.25) is 0 Å². The zero-order valence-corrected chi connectivity index (χ0v) is 10.9. The summed E-state index contributed by atoms with van der Waals surface area (Å²) in [6.07, 6.45) is 2.27. The van der Waals surface area contributed by atoms with Crippen LogP contribution in [0.3, 0.4) is 0 Å². The highest BCUT2D eigenvalue weighted by Gasteiger charge is 2.34. The molecule has 1 fully saturated rings. The molecule has 1 aromatic heterocycles. The Morgan fingerprint density at radius 2 is 2.21 bits per heavy atom. The van der Waals surface area contributed by atoms with Gasteiger partial charge in [-0.25, -0.2) is 8.42 Å². The maximum absolute atomic E-state index is 12.3. The van der Waals surface area contributed by atoms with Crippen molar-refractivity contribution >= 4 is 16.0 Å². The minimum atomic E-state index is -3.93. The van der Waals surface area contributed by atoms with E-state index in [4.69, 9.17) is 5.11 Å². The van der Waals surface area contributed by atoms with Crippen molar-refractivity contribution in [2.24, 2.45) is 5.92 Å². The molecule has 0 amide bonds. The van der Waals surface area contributed by atoms with Crippen molar-refractivity contribution in [1.82, 2.24) is 9.29 Å². The first-order valence-electron chi connectivity index (χ1n) is 5.83. The summed E-state index contributed by atoms with van der Waals surface area (Å²) < 4.78 is 25.6. The average Bonchev–Trinajstić information content (AvgIpc) is 2.39. The maximum atomic E-state index is 12.3. The second-order valence-corrected chi connectivity index (χ2v) is 6.31. The number of aliphatic carboxylic acids is 1. The highest BCUT2D eigenvalue weighted by atomic mass is 32.2. The summed E-state index contributed by atoms with van der Waals surface area (Å²) in [7, 11) is -3.93. The van der Waals surface area contributed by atoms with Gasteiger partial charge in [0.25, 0.3) is 5.56 Å². The van der Waals surface area contributed by atoms with Crippen LogP contribution in [0, 0.1) is 5.92 Å². The van der Waals surface area contributed by atoms with Crippen molar-refractivity contribution in [3.63, 3.8) is 0 Å². The Balaban J connectivity index is 2.33. The third-order valence-corrected chi connectivity index (χ3v) is 5.02. The number of sulfonamides is 1. The van der Waals surface area contributed by atoms with Crippen LogP contribution < -0.4 is 5.56 Å². The maximum Gasteiger partial charge on any atom is 0.307 e. The predicted molar refractivity (Wildman–Crippen MR) is 66.2 cm³/mol. The summed E-state index contributed by atoms with van der Waals surface area (Å²) in [6, 6.07) is 2.64. The van der Waals surface area contributed by atoms with Crippen molar-refractivity contribution in [1.29, 1.82) is 0 Å². The molecule has 8 heteroatoms. The van der Waals surface area contributed by atoms with Crippen molar-refractivity contribution in [3.05, 3.63) is 28.7 Å². The molecule has 0 aromatic carbocycles. The highest BCUT2D eigenvalue weighted by Crippen LogP contribution is 2.22. The lowest BCUT2D eigenvalue weighted by Gasteiger charge is -2.29. The first kappa shape index (κ1) is 13.8. The summed E-state index contributed by atoms with van der Waals surface area (Å²) in [5, 5.41) is 8.96. The number of aromatic amines is 1. The second kappa shape index (κ2) is 5.14. The molecular formula is C11H14N2O5S. The van der Waals surface area contributed by atoms with Gasteiger partial charge in [0.05, 0.1) is 5.92 Å². The van der Waals surface area contributed by atoms with Crippen LogP contribution in [-0.2, 0) is 14.8 Å². The number of carboxylic acid groups (broad SMARTS) is 1. The van der Waals surface area contributed by atoms with E-state index in [0.29, 0.717) is 12.8 Å². The van der Waals surface area contributed by atoms with Crippen LogP contribution in [0.15, 0.2) is 28.0 Å². The number of nitrogens with one attached hydrogen (secondary N) is 1. The second-order valence-electron chi connectivity index (χ2n) is 4.40. The van der Waals surface area contributed by atoms with Crippen LogP contribution in [0.4, 0.5) is 0 Å². The van der Waals surface area contributed by atoms with Gasteiger partial charge in [-0.2, -0.15) is 4.31 Å². The van der Waals surface area contributed by atoms with Gasteiger partial charge in [0, 0.05) is 19.3 Å². The molecule has 0 aliphatic carbocycles. The molecule has 104 valence electrons. The Kier molecular flexibility index (Phi) is 3.72. The Hall–Kier alpha value is -1.67. The smallest absolute Gasteiger partial charge is 0.307 e. The van der Waals surface area contributed by atoms with Gasteiger partial charge in [0.2, 0.25) is 10.0 Å². The van der Waals surface area contributed by atoms with Crippen LogP contribution >= 0.6 is 0 Å². The number of aromatic nitrogens is 1. The molecule has 1 aliphatic heterocycles. The van der Waals surface area contributed by atoms with E-state index in [1.807, 2.05) is 0 Å². The SMILES string of the molecule is O=C(O)[C@H]1CCCN(S(=O)(=O)c2ccc[nH]c2=O)C1. The highest BCUT2D eigenvalue weighted by molar-refractivity contribution is 7.89. The van der Waals surface area contributed by atoms with Gasteiger partial charge in [-0.3, -0.25) is 9.59 Å². The van der Waals surface area contributed by atoms with Gasteiger partial charge in [0.15, 0.2) is 0 Å². The standard InChI is InChI=1S/C11H14N2O5S/c14-10-9(4-1-5-12-10)19(17,18)13-6-2-3-8(7-13)11(15)16/h1,4-5,8H,2-3,6-7H2,(H,12,14)(H,15,16)/t8-/m0/s1. The summed E-state index contributed by atoms with van der Waals surface area (Å²) in [5.41, 5.74) is -0.694. The molecular weight excluding hydrogens is 272 g/mol. The third-order valence-electron chi connectivity index (χ3n) is 3.13. The number of rotatable bonds is 3. The van der Waals surface area contributed by atoms with E-state index < -0.39 is 27.5 Å². The molecule has 2 rings (SSSR count). The lowest BCUT2D eigenvalue weighted by molar-refractivity contribution is -0.142. The number of piperidine rings is 1. The molecule has 1 saturated heterocycles. The minimum absolute atomic E-state index is 0.0913. The average molecular weight is 286 g/mol. The Bertz CT molecular complexity index is 636. The fraction of sp³-hybridized carbons (Fsp3) is 0.455. The van der Waals surface area contributed by atoms with Crippen molar-refractivity contribution in [2.45, 2.75) is 17.7 Å². The van der Waals surface area contributed by atoms with E-state index in [1.54, 1.807) is 0 Å². The zero-order valence-electron chi connectivity index (χ0n) is 10.1. The monoisotopic (exact) mass is 286 g/mol. The Morgan fingerprint density at radius 1 is 1.47 bits per heavy atom. The minimum Gasteiger partial charge on any atom is -0.481 e. The first-order chi connectivity index (χ1) is 8.93. The lowest BCUT2D eigenvalue weighted by Crippen LogP contribution is -2.43. The fourth-order valence-electron chi connectivity index (χ4n) is 2.11. The summed E-state index contributed by atoms with van der Waals surface area (Å²) in [6.45, 7) is 0.145. The quantitative estimate of drug-likeness (QED) is 0.804. The predicted octanol–water partition coefficient (Wildman–Crippen LogP) is -0.140. The lowest BCUT2D eigenvalue weighted by atomic mass is 10.0. The number of pyridine rings is 1. The molecule has 2 heterocycles. The third kappa shape index (κ3) is 2.69. The van der Waals surface area contributed by atoms with Crippen LogP contribution in [-0.4, -0.2) is 41.9 Å². The van der Waals surface area contributed by atoms with Crippen LogP contribution in [0.5, 0.6) is 0 Å². The van der Waals surface area contributed by atoms with Crippen molar-refractivity contribution in [3.8, 4) is 0 Å². The molecule has 1 aromatic rings.